The highest BCUT2D eigenvalue weighted by atomic mass is 15.3. The Labute approximate surface area is 124 Å². The molecule has 0 saturated heterocycles. The lowest BCUT2D eigenvalue weighted by molar-refractivity contribution is 0.327. The van der Waals surface area contributed by atoms with Crippen LogP contribution in [0.3, 0.4) is 0 Å². The smallest absolute Gasteiger partial charge is 0.0640 e. The molecule has 0 amide bonds. The molecule has 114 valence electrons. The summed E-state index contributed by atoms with van der Waals surface area (Å²) in [4.78, 5) is 0. The third kappa shape index (κ3) is 4.62. The van der Waals surface area contributed by atoms with Crippen LogP contribution in [0.1, 0.15) is 70.5 Å². The maximum absolute atomic E-state index is 4.83. The van der Waals surface area contributed by atoms with E-state index in [1.54, 1.807) is 0 Å². The van der Waals surface area contributed by atoms with Gasteiger partial charge in [0.1, 0.15) is 0 Å². The van der Waals surface area contributed by atoms with Crippen LogP contribution in [0.15, 0.2) is 12.3 Å². The van der Waals surface area contributed by atoms with Crippen molar-refractivity contribution in [3.8, 4) is 0 Å². The molecule has 1 fully saturated rings. The van der Waals surface area contributed by atoms with Gasteiger partial charge in [-0.1, -0.05) is 33.1 Å². The summed E-state index contributed by atoms with van der Waals surface area (Å²) in [7, 11) is 2.07. The zero-order valence-corrected chi connectivity index (χ0v) is 13.4. The summed E-state index contributed by atoms with van der Waals surface area (Å²) in [6, 6.07) is 3.43. The van der Waals surface area contributed by atoms with Crippen molar-refractivity contribution in [2.45, 2.75) is 77.3 Å². The number of likely N-dealkylation sites (N-methyl/N-ethyl adjacent to an activating group) is 1. The molecule has 0 spiro atoms. The molecule has 0 bridgehead atoms. The zero-order valence-electron chi connectivity index (χ0n) is 13.4. The minimum absolute atomic E-state index is 0.562. The van der Waals surface area contributed by atoms with Crippen LogP contribution in [0.4, 0.5) is 0 Å². The van der Waals surface area contributed by atoms with Crippen LogP contribution in [0.5, 0.6) is 0 Å². The fourth-order valence-corrected chi connectivity index (χ4v) is 3.17. The first-order valence-electron chi connectivity index (χ1n) is 8.40. The van der Waals surface area contributed by atoms with Gasteiger partial charge in [-0.2, -0.15) is 5.10 Å². The number of hydrogen-bond donors (Lipinski definition) is 1. The van der Waals surface area contributed by atoms with E-state index in [0.717, 1.165) is 12.3 Å². The molecule has 1 aromatic heterocycles. The van der Waals surface area contributed by atoms with Crippen LogP contribution in [-0.2, 0) is 6.42 Å². The summed E-state index contributed by atoms with van der Waals surface area (Å²) in [6.45, 7) is 4.59. The molecule has 1 heterocycles. The molecule has 1 saturated carbocycles. The second-order valence-electron chi connectivity index (χ2n) is 6.74. The SMILES string of the molecule is CNC(CCC(C)C)Cc1ccn(C2CCCCC2)n1. The van der Waals surface area contributed by atoms with Crippen molar-refractivity contribution in [2.24, 2.45) is 5.92 Å². The maximum atomic E-state index is 4.83. The average Bonchev–Trinajstić information content (AvgIpc) is 2.92. The standard InChI is InChI=1S/C17H31N3/c1-14(2)9-10-15(18-3)13-16-11-12-20(19-16)17-7-5-4-6-8-17/h11-12,14-15,17-18H,4-10,13H2,1-3H3. The maximum Gasteiger partial charge on any atom is 0.0640 e. The summed E-state index contributed by atoms with van der Waals surface area (Å²) in [6.07, 6.45) is 12.5. The molecular weight excluding hydrogens is 246 g/mol. The van der Waals surface area contributed by atoms with E-state index in [4.69, 9.17) is 5.10 Å². The number of rotatable bonds is 7. The molecule has 1 aromatic rings. The molecule has 3 nitrogen and oxygen atoms in total. The molecule has 3 heteroatoms. The Morgan fingerprint density at radius 3 is 2.65 bits per heavy atom. The molecule has 2 rings (SSSR count). The van der Waals surface area contributed by atoms with Crippen LogP contribution in [0.25, 0.3) is 0 Å². The van der Waals surface area contributed by atoms with Crippen molar-refractivity contribution in [3.63, 3.8) is 0 Å². The highest BCUT2D eigenvalue weighted by molar-refractivity contribution is 5.02. The van der Waals surface area contributed by atoms with Gasteiger partial charge in [0.2, 0.25) is 0 Å². The van der Waals surface area contributed by atoms with Gasteiger partial charge in [-0.3, -0.25) is 4.68 Å². The predicted molar refractivity (Wildman–Crippen MR) is 85.0 cm³/mol. The molecule has 20 heavy (non-hydrogen) atoms. The zero-order chi connectivity index (χ0) is 14.4. The average molecular weight is 277 g/mol. The summed E-state index contributed by atoms with van der Waals surface area (Å²) < 4.78 is 2.23. The van der Waals surface area contributed by atoms with Crippen molar-refractivity contribution in [1.82, 2.24) is 15.1 Å². The van der Waals surface area contributed by atoms with E-state index < -0.39 is 0 Å². The summed E-state index contributed by atoms with van der Waals surface area (Å²) >= 11 is 0. The molecule has 1 aliphatic carbocycles. The number of hydrogen-bond acceptors (Lipinski definition) is 2. The number of nitrogens with one attached hydrogen (secondary N) is 1. The molecule has 0 aliphatic heterocycles. The Balaban J connectivity index is 1.87. The summed E-state index contributed by atoms with van der Waals surface area (Å²) in [5.41, 5.74) is 1.25. The first kappa shape index (κ1) is 15.6. The molecule has 0 aromatic carbocycles. The number of aromatic nitrogens is 2. The highest BCUT2D eigenvalue weighted by Crippen LogP contribution is 2.27. The van der Waals surface area contributed by atoms with E-state index in [-0.39, 0.29) is 0 Å². The minimum atomic E-state index is 0.562. The summed E-state index contributed by atoms with van der Waals surface area (Å²) in [5.74, 6) is 0.783. The Morgan fingerprint density at radius 2 is 2.00 bits per heavy atom. The van der Waals surface area contributed by atoms with Crippen molar-refractivity contribution in [1.29, 1.82) is 0 Å². The van der Waals surface area contributed by atoms with Crippen LogP contribution >= 0.6 is 0 Å². The molecule has 1 unspecified atom stereocenters. The van der Waals surface area contributed by atoms with Gasteiger partial charge < -0.3 is 5.32 Å². The Hall–Kier alpha value is -0.830. The normalized spacial score (nSPS) is 18.6. The lowest BCUT2D eigenvalue weighted by atomic mass is 9.96. The minimum Gasteiger partial charge on any atom is -0.317 e. The first-order chi connectivity index (χ1) is 9.69. The van der Waals surface area contributed by atoms with Gasteiger partial charge in [0.25, 0.3) is 0 Å². The van der Waals surface area contributed by atoms with Crippen LogP contribution in [0, 0.1) is 5.92 Å². The molecule has 1 N–H and O–H groups in total. The molecule has 0 radical (unpaired) electrons. The van der Waals surface area contributed by atoms with Crippen LogP contribution < -0.4 is 5.32 Å². The van der Waals surface area contributed by atoms with Gasteiger partial charge in [0.05, 0.1) is 11.7 Å². The van der Waals surface area contributed by atoms with Gasteiger partial charge in [0, 0.05) is 18.7 Å². The fourth-order valence-electron chi connectivity index (χ4n) is 3.17. The van der Waals surface area contributed by atoms with Crippen molar-refractivity contribution in [3.05, 3.63) is 18.0 Å². The fraction of sp³-hybridized carbons (Fsp3) is 0.824. The first-order valence-corrected chi connectivity index (χ1v) is 8.40. The van der Waals surface area contributed by atoms with Crippen molar-refractivity contribution >= 4 is 0 Å². The van der Waals surface area contributed by atoms with Crippen molar-refractivity contribution < 1.29 is 0 Å². The highest BCUT2D eigenvalue weighted by Gasteiger charge is 2.17. The van der Waals surface area contributed by atoms with Gasteiger partial charge >= 0.3 is 0 Å². The molecule has 1 aliphatic rings. The van der Waals surface area contributed by atoms with Gasteiger partial charge in [-0.15, -0.1) is 0 Å². The molecular formula is C17H31N3. The lowest BCUT2D eigenvalue weighted by Gasteiger charge is -2.22. The third-order valence-electron chi connectivity index (χ3n) is 4.57. The van der Waals surface area contributed by atoms with E-state index in [1.165, 1.54) is 50.6 Å². The van der Waals surface area contributed by atoms with E-state index >= 15 is 0 Å². The van der Waals surface area contributed by atoms with E-state index in [9.17, 15) is 0 Å². The largest absolute Gasteiger partial charge is 0.317 e. The van der Waals surface area contributed by atoms with Crippen molar-refractivity contribution in [2.75, 3.05) is 7.05 Å². The third-order valence-corrected chi connectivity index (χ3v) is 4.57. The van der Waals surface area contributed by atoms with E-state index in [0.29, 0.717) is 12.1 Å². The predicted octanol–water partition coefficient (Wildman–Crippen LogP) is 3.96. The Bertz CT molecular complexity index is 377. The van der Waals surface area contributed by atoms with Crippen LogP contribution in [-0.4, -0.2) is 22.9 Å². The lowest BCUT2D eigenvalue weighted by Crippen LogP contribution is -2.28. The number of nitrogens with zero attached hydrogens (tertiary/aromatic N) is 2. The topological polar surface area (TPSA) is 29.9 Å². The molecule has 1 atom stereocenters. The second-order valence-corrected chi connectivity index (χ2v) is 6.74. The van der Waals surface area contributed by atoms with Gasteiger partial charge in [-0.05, 0) is 44.7 Å². The van der Waals surface area contributed by atoms with Crippen LogP contribution in [0.2, 0.25) is 0 Å². The van der Waals surface area contributed by atoms with Gasteiger partial charge in [-0.25, -0.2) is 0 Å². The van der Waals surface area contributed by atoms with E-state index in [1.807, 2.05) is 0 Å². The Kier molecular flexibility index (Phi) is 6.08. The second kappa shape index (κ2) is 7.82. The monoisotopic (exact) mass is 277 g/mol. The quantitative estimate of drug-likeness (QED) is 0.817. The van der Waals surface area contributed by atoms with E-state index in [2.05, 4.69) is 43.2 Å². The summed E-state index contributed by atoms with van der Waals surface area (Å²) in [5, 5.41) is 8.27. The van der Waals surface area contributed by atoms with Gasteiger partial charge in [0.15, 0.2) is 0 Å². The Morgan fingerprint density at radius 1 is 1.25 bits per heavy atom.